The molecule has 0 aliphatic heterocycles. The van der Waals surface area contributed by atoms with Crippen LogP contribution in [0.2, 0.25) is 0 Å². The van der Waals surface area contributed by atoms with E-state index in [2.05, 4.69) is 242 Å². The molecule has 0 fully saturated rings. The number of rotatable bonds is 6. The Bertz CT molecular complexity index is 3580. The van der Waals surface area contributed by atoms with Crippen molar-refractivity contribution in [3.05, 3.63) is 228 Å². The molecule has 1 aliphatic carbocycles. The van der Waals surface area contributed by atoms with Crippen LogP contribution in [-0.2, 0) is 5.41 Å². The number of hydrogen-bond acceptors (Lipinski definition) is 0. The minimum Gasteiger partial charge on any atom is -0.309 e. The lowest BCUT2D eigenvalue weighted by atomic mass is 9.81. The minimum absolute atomic E-state index is 0.133. The van der Waals surface area contributed by atoms with Crippen LogP contribution < -0.4 is 0 Å². The maximum atomic E-state index is 2.44. The van der Waals surface area contributed by atoms with Crippen molar-refractivity contribution in [2.24, 2.45) is 0 Å². The Morgan fingerprint density at radius 3 is 1.45 bits per heavy atom. The second-order valence-electron chi connectivity index (χ2n) is 17.5. The molecule has 294 valence electrons. The van der Waals surface area contributed by atoms with E-state index in [4.69, 9.17) is 0 Å². The molecule has 9 aromatic carbocycles. The fraction of sp³-hybridized carbons (Fsp3) is 0.0667. The van der Waals surface area contributed by atoms with Gasteiger partial charge in [-0.25, -0.2) is 0 Å². The van der Waals surface area contributed by atoms with E-state index in [-0.39, 0.29) is 5.41 Å². The van der Waals surface area contributed by atoms with Crippen LogP contribution in [0.5, 0.6) is 0 Å². The Morgan fingerprint density at radius 2 is 0.806 bits per heavy atom. The highest BCUT2D eigenvalue weighted by molar-refractivity contribution is 6.11. The molecular formula is C60H44N2. The third-order valence-corrected chi connectivity index (χ3v) is 13.4. The van der Waals surface area contributed by atoms with Crippen molar-refractivity contribution >= 4 is 55.8 Å². The van der Waals surface area contributed by atoms with Crippen molar-refractivity contribution in [3.8, 4) is 44.8 Å². The van der Waals surface area contributed by atoms with Crippen LogP contribution >= 0.6 is 0 Å². The molecule has 0 bridgehead atoms. The topological polar surface area (TPSA) is 9.86 Å². The van der Waals surface area contributed by atoms with Crippen molar-refractivity contribution in [2.45, 2.75) is 26.2 Å². The van der Waals surface area contributed by atoms with Crippen molar-refractivity contribution in [3.63, 3.8) is 0 Å². The number of fused-ring (bicyclic) bond motifs is 9. The second-order valence-corrected chi connectivity index (χ2v) is 17.5. The third-order valence-electron chi connectivity index (χ3n) is 13.4. The van der Waals surface area contributed by atoms with E-state index >= 15 is 0 Å². The normalized spacial score (nSPS) is 13.1. The van der Waals surface area contributed by atoms with Gasteiger partial charge in [0.25, 0.3) is 0 Å². The van der Waals surface area contributed by atoms with Crippen molar-refractivity contribution < 1.29 is 0 Å². The van der Waals surface area contributed by atoms with Crippen molar-refractivity contribution in [1.82, 2.24) is 9.13 Å². The fourth-order valence-electron chi connectivity index (χ4n) is 10.1. The van der Waals surface area contributed by atoms with Crippen LogP contribution in [0.1, 0.15) is 41.7 Å². The molecule has 0 unspecified atom stereocenters. The van der Waals surface area contributed by atoms with Gasteiger partial charge in [0.15, 0.2) is 0 Å². The van der Waals surface area contributed by atoms with Crippen LogP contribution in [0.4, 0.5) is 0 Å². The summed E-state index contributed by atoms with van der Waals surface area (Å²) in [6, 6.07) is 73.9. The van der Waals surface area contributed by atoms with E-state index in [9.17, 15) is 0 Å². The lowest BCUT2D eigenvalue weighted by molar-refractivity contribution is 0.660. The number of aryl methyl sites for hydroxylation is 1. The molecule has 2 heteroatoms. The smallest absolute Gasteiger partial charge is 0.0541 e. The molecule has 2 heterocycles. The minimum atomic E-state index is -0.133. The molecule has 2 aromatic heterocycles. The summed E-state index contributed by atoms with van der Waals surface area (Å²) in [5.41, 5.74) is 21.1. The summed E-state index contributed by atoms with van der Waals surface area (Å²) in [5, 5.41) is 5.09. The third kappa shape index (κ3) is 5.71. The number of nitrogens with zero attached hydrogens (tertiary/aromatic N) is 2. The Balaban J connectivity index is 0.821. The molecule has 0 saturated heterocycles. The highest BCUT2D eigenvalue weighted by atomic mass is 15.0. The van der Waals surface area contributed by atoms with E-state index < -0.39 is 0 Å². The van der Waals surface area contributed by atoms with Crippen molar-refractivity contribution in [1.29, 1.82) is 0 Å². The zero-order valence-corrected chi connectivity index (χ0v) is 35.1. The molecule has 62 heavy (non-hydrogen) atoms. The van der Waals surface area contributed by atoms with Crippen LogP contribution in [-0.4, -0.2) is 9.13 Å². The first-order chi connectivity index (χ1) is 30.4. The number of aromatic nitrogens is 2. The molecule has 2 nitrogen and oxygen atoms in total. The largest absolute Gasteiger partial charge is 0.309 e. The van der Waals surface area contributed by atoms with Gasteiger partial charge < -0.3 is 9.13 Å². The standard InChI is InChI=1S/C60H44N2/c1-39-17-29-47(30-18-39)62-57-16-10-8-14-51(57)53-37-44(28-34-59(53)62)45-26-32-49-48-31-23-41(35-54(48)60(2,3)55(49)38-45)20-19-40-21-24-42(25-22-40)43-27-33-58-52(36-43)50-13-7-9-15-56(50)61(58)46-11-5-4-6-12-46/h4-38H,1-3H3. The van der Waals surface area contributed by atoms with Crippen LogP contribution in [0, 0.1) is 6.92 Å². The molecule has 0 amide bonds. The van der Waals surface area contributed by atoms with Gasteiger partial charge in [-0.15, -0.1) is 0 Å². The molecule has 1 aliphatic rings. The van der Waals surface area contributed by atoms with Gasteiger partial charge in [-0.3, -0.25) is 0 Å². The van der Waals surface area contributed by atoms with Gasteiger partial charge in [-0.05, 0) is 129 Å². The lowest BCUT2D eigenvalue weighted by Gasteiger charge is -2.22. The van der Waals surface area contributed by atoms with E-state index in [1.165, 1.54) is 116 Å². The maximum Gasteiger partial charge on any atom is 0.0541 e. The summed E-state index contributed by atoms with van der Waals surface area (Å²) in [6.45, 7) is 6.90. The molecular weight excluding hydrogens is 749 g/mol. The van der Waals surface area contributed by atoms with Crippen molar-refractivity contribution in [2.75, 3.05) is 0 Å². The molecule has 0 saturated carbocycles. The molecule has 0 N–H and O–H groups in total. The molecule has 0 atom stereocenters. The predicted molar refractivity (Wildman–Crippen MR) is 264 cm³/mol. The van der Waals surface area contributed by atoms with Gasteiger partial charge >= 0.3 is 0 Å². The van der Waals surface area contributed by atoms with Gasteiger partial charge in [-0.2, -0.15) is 0 Å². The zero-order chi connectivity index (χ0) is 41.5. The molecule has 0 spiro atoms. The first-order valence-electron chi connectivity index (χ1n) is 21.7. The van der Waals surface area contributed by atoms with Crippen LogP contribution in [0.15, 0.2) is 200 Å². The van der Waals surface area contributed by atoms with Gasteiger partial charge in [0.2, 0.25) is 0 Å². The van der Waals surface area contributed by atoms with E-state index in [0.29, 0.717) is 0 Å². The zero-order valence-electron chi connectivity index (χ0n) is 35.1. The molecule has 12 rings (SSSR count). The quantitative estimate of drug-likeness (QED) is 0.148. The maximum absolute atomic E-state index is 2.44. The van der Waals surface area contributed by atoms with Gasteiger partial charge in [0.05, 0.1) is 22.1 Å². The fourth-order valence-corrected chi connectivity index (χ4v) is 10.1. The monoisotopic (exact) mass is 792 g/mol. The molecule has 0 radical (unpaired) electrons. The highest BCUT2D eigenvalue weighted by Gasteiger charge is 2.35. The Kier molecular flexibility index (Phi) is 8.14. The lowest BCUT2D eigenvalue weighted by Crippen LogP contribution is -2.15. The average molecular weight is 793 g/mol. The summed E-state index contributed by atoms with van der Waals surface area (Å²) in [7, 11) is 0. The Hall–Kier alpha value is -7.68. The van der Waals surface area contributed by atoms with E-state index in [1.807, 2.05) is 0 Å². The van der Waals surface area contributed by atoms with Crippen LogP contribution in [0.3, 0.4) is 0 Å². The van der Waals surface area contributed by atoms with Gasteiger partial charge in [0.1, 0.15) is 0 Å². The average Bonchev–Trinajstić information content (AvgIpc) is 3.91. The second kappa shape index (κ2) is 13.9. The van der Waals surface area contributed by atoms with Crippen LogP contribution in [0.25, 0.3) is 101 Å². The van der Waals surface area contributed by atoms with Gasteiger partial charge in [0, 0.05) is 38.3 Å². The molecule has 11 aromatic rings. The predicted octanol–water partition coefficient (Wildman–Crippen LogP) is 16.0. The van der Waals surface area contributed by atoms with Gasteiger partial charge in [-0.1, -0.05) is 165 Å². The number of benzene rings is 9. The summed E-state index contributed by atoms with van der Waals surface area (Å²) >= 11 is 0. The van der Waals surface area contributed by atoms with E-state index in [0.717, 1.165) is 0 Å². The first kappa shape index (κ1) is 36.2. The Labute approximate surface area is 362 Å². The summed E-state index contributed by atoms with van der Waals surface area (Å²) in [6.07, 6.45) is 4.49. The highest BCUT2D eigenvalue weighted by Crippen LogP contribution is 2.50. The first-order valence-corrected chi connectivity index (χ1v) is 21.7. The SMILES string of the molecule is Cc1ccc(-n2c3ccccc3c3cc(-c4ccc5c(c4)C(C)(C)c4cc(C=Cc6ccc(-c7ccc8c(c7)c7ccccc7n8-c7ccccc7)cc6)ccc4-5)ccc32)cc1. The number of hydrogen-bond donors (Lipinski definition) is 0. The summed E-state index contributed by atoms with van der Waals surface area (Å²) < 4.78 is 4.76. The summed E-state index contributed by atoms with van der Waals surface area (Å²) in [4.78, 5) is 0. The Morgan fingerprint density at radius 1 is 0.355 bits per heavy atom. The summed E-state index contributed by atoms with van der Waals surface area (Å²) in [5.74, 6) is 0. The number of para-hydroxylation sites is 3. The van der Waals surface area contributed by atoms with E-state index in [1.54, 1.807) is 0 Å².